The van der Waals surface area contributed by atoms with E-state index in [4.69, 9.17) is 0 Å². The second kappa shape index (κ2) is 4.06. The maximum Gasteiger partial charge on any atom is 0.159 e. The molecule has 4 heteroatoms. The molecule has 2 rings (SSSR count). The number of hydrogen-bond acceptors (Lipinski definition) is 2. The molecule has 0 bridgehead atoms. The molecular weight excluding hydrogens is 216 g/mol. The van der Waals surface area contributed by atoms with Crippen molar-refractivity contribution < 1.29 is 8.78 Å². The fourth-order valence-corrected chi connectivity index (χ4v) is 2.02. The second-order valence-corrected chi connectivity index (χ2v) is 4.05. The van der Waals surface area contributed by atoms with Crippen LogP contribution in [0.25, 0.3) is 11.3 Å². The van der Waals surface area contributed by atoms with Crippen molar-refractivity contribution in [3.8, 4) is 11.3 Å². The summed E-state index contributed by atoms with van der Waals surface area (Å²) in [5.74, 6) is -1.66. The standard InChI is InChI=1S/C11H9F2NS/c1-2-11-14-10(6-15-11)7-3-4-8(12)9(13)5-7/h3-6H,2H2,1H3. The quantitative estimate of drug-likeness (QED) is 0.760. The van der Waals surface area contributed by atoms with Gasteiger partial charge in [0.15, 0.2) is 11.6 Å². The topological polar surface area (TPSA) is 12.9 Å². The van der Waals surface area contributed by atoms with Crippen LogP contribution < -0.4 is 0 Å². The van der Waals surface area contributed by atoms with Crippen molar-refractivity contribution in [2.75, 3.05) is 0 Å². The van der Waals surface area contributed by atoms with Crippen LogP contribution in [0.15, 0.2) is 23.6 Å². The maximum absolute atomic E-state index is 13.0. The van der Waals surface area contributed by atoms with Gasteiger partial charge in [-0.25, -0.2) is 13.8 Å². The summed E-state index contributed by atoms with van der Waals surface area (Å²) in [6.07, 6.45) is 0.855. The van der Waals surface area contributed by atoms with Gasteiger partial charge in [0.25, 0.3) is 0 Å². The minimum Gasteiger partial charge on any atom is -0.241 e. The molecule has 0 fully saturated rings. The molecule has 0 N–H and O–H groups in total. The highest BCUT2D eigenvalue weighted by Gasteiger charge is 2.07. The molecule has 78 valence electrons. The van der Waals surface area contributed by atoms with E-state index in [1.807, 2.05) is 12.3 Å². The third-order valence-electron chi connectivity index (χ3n) is 2.07. The van der Waals surface area contributed by atoms with Crippen LogP contribution in [0.5, 0.6) is 0 Å². The Morgan fingerprint density at radius 3 is 2.67 bits per heavy atom. The van der Waals surface area contributed by atoms with Crippen molar-refractivity contribution in [1.29, 1.82) is 0 Å². The molecule has 1 aromatic carbocycles. The number of thiazole rings is 1. The zero-order chi connectivity index (χ0) is 10.8. The van der Waals surface area contributed by atoms with E-state index in [0.717, 1.165) is 17.5 Å². The third kappa shape index (κ3) is 2.04. The first-order chi connectivity index (χ1) is 7.20. The molecule has 0 spiro atoms. The summed E-state index contributed by atoms with van der Waals surface area (Å²) in [6, 6.07) is 3.83. The van der Waals surface area contributed by atoms with Crippen molar-refractivity contribution in [2.24, 2.45) is 0 Å². The van der Waals surface area contributed by atoms with E-state index in [1.54, 1.807) is 0 Å². The molecule has 15 heavy (non-hydrogen) atoms. The molecule has 0 aliphatic carbocycles. The monoisotopic (exact) mass is 225 g/mol. The lowest BCUT2D eigenvalue weighted by atomic mass is 10.2. The van der Waals surface area contributed by atoms with Gasteiger partial charge in [-0.05, 0) is 24.6 Å². The van der Waals surface area contributed by atoms with Crippen LogP contribution in [0.3, 0.4) is 0 Å². The SMILES string of the molecule is CCc1nc(-c2ccc(F)c(F)c2)cs1. The number of halogens is 2. The summed E-state index contributed by atoms with van der Waals surface area (Å²) < 4.78 is 25.6. The van der Waals surface area contributed by atoms with Crippen molar-refractivity contribution in [3.05, 3.63) is 40.2 Å². The average Bonchev–Trinajstić information content (AvgIpc) is 2.70. The predicted octanol–water partition coefficient (Wildman–Crippen LogP) is 3.65. The molecule has 0 amide bonds. The van der Waals surface area contributed by atoms with Crippen LogP contribution in [0.2, 0.25) is 0 Å². The highest BCUT2D eigenvalue weighted by atomic mass is 32.1. The van der Waals surface area contributed by atoms with Gasteiger partial charge in [-0.2, -0.15) is 0 Å². The van der Waals surface area contributed by atoms with E-state index in [-0.39, 0.29) is 0 Å². The normalized spacial score (nSPS) is 10.6. The Balaban J connectivity index is 2.40. The zero-order valence-corrected chi connectivity index (χ0v) is 8.94. The Kier molecular flexibility index (Phi) is 2.77. The molecule has 1 heterocycles. The molecular formula is C11H9F2NS. The lowest BCUT2D eigenvalue weighted by Crippen LogP contribution is -1.86. The Hall–Kier alpha value is -1.29. The van der Waals surface area contributed by atoms with Crippen molar-refractivity contribution in [3.63, 3.8) is 0 Å². The molecule has 1 nitrogen and oxygen atoms in total. The van der Waals surface area contributed by atoms with Crippen LogP contribution >= 0.6 is 11.3 Å². The molecule has 0 aliphatic heterocycles. The van der Waals surface area contributed by atoms with Crippen LogP contribution in [0.1, 0.15) is 11.9 Å². The smallest absolute Gasteiger partial charge is 0.159 e. The van der Waals surface area contributed by atoms with Gasteiger partial charge in [0.05, 0.1) is 10.7 Å². The molecule has 0 atom stereocenters. The molecule has 1 aromatic heterocycles. The lowest BCUT2D eigenvalue weighted by Gasteiger charge is -1.97. The predicted molar refractivity (Wildman–Crippen MR) is 56.8 cm³/mol. The first-order valence-electron chi connectivity index (χ1n) is 4.60. The van der Waals surface area contributed by atoms with Crippen LogP contribution in [0.4, 0.5) is 8.78 Å². The minimum atomic E-state index is -0.835. The number of benzene rings is 1. The van der Waals surface area contributed by atoms with E-state index < -0.39 is 11.6 Å². The van der Waals surface area contributed by atoms with Gasteiger partial charge < -0.3 is 0 Å². The molecule has 0 saturated carbocycles. The van der Waals surface area contributed by atoms with Crippen LogP contribution in [-0.4, -0.2) is 4.98 Å². The van der Waals surface area contributed by atoms with E-state index >= 15 is 0 Å². The summed E-state index contributed by atoms with van der Waals surface area (Å²) in [4.78, 5) is 4.30. The van der Waals surface area contributed by atoms with Gasteiger partial charge in [-0.1, -0.05) is 6.92 Å². The zero-order valence-electron chi connectivity index (χ0n) is 8.13. The number of aryl methyl sites for hydroxylation is 1. The van der Waals surface area contributed by atoms with Gasteiger partial charge in [-0.3, -0.25) is 0 Å². The molecule has 0 radical (unpaired) electrons. The maximum atomic E-state index is 13.0. The largest absolute Gasteiger partial charge is 0.241 e. The lowest BCUT2D eigenvalue weighted by molar-refractivity contribution is 0.509. The average molecular weight is 225 g/mol. The van der Waals surface area contributed by atoms with Crippen molar-refractivity contribution in [1.82, 2.24) is 4.98 Å². The van der Waals surface area contributed by atoms with E-state index in [9.17, 15) is 8.78 Å². The number of aromatic nitrogens is 1. The van der Waals surface area contributed by atoms with Gasteiger partial charge in [-0.15, -0.1) is 11.3 Å². The summed E-state index contributed by atoms with van der Waals surface area (Å²) in [6.45, 7) is 2.01. The third-order valence-corrected chi connectivity index (χ3v) is 3.06. The Morgan fingerprint density at radius 2 is 2.07 bits per heavy atom. The molecule has 0 saturated heterocycles. The van der Waals surface area contributed by atoms with Crippen molar-refractivity contribution in [2.45, 2.75) is 13.3 Å². The van der Waals surface area contributed by atoms with Gasteiger partial charge in [0.1, 0.15) is 0 Å². The van der Waals surface area contributed by atoms with Crippen molar-refractivity contribution >= 4 is 11.3 Å². The molecule has 2 aromatic rings. The van der Waals surface area contributed by atoms with E-state index in [0.29, 0.717) is 11.3 Å². The summed E-state index contributed by atoms with van der Waals surface area (Å²) in [7, 11) is 0. The Labute approximate surface area is 90.4 Å². The van der Waals surface area contributed by atoms with Gasteiger partial charge >= 0.3 is 0 Å². The summed E-state index contributed by atoms with van der Waals surface area (Å²) in [5.41, 5.74) is 1.32. The highest BCUT2D eigenvalue weighted by Crippen LogP contribution is 2.23. The first-order valence-corrected chi connectivity index (χ1v) is 5.48. The Morgan fingerprint density at radius 1 is 1.27 bits per heavy atom. The number of hydrogen-bond donors (Lipinski definition) is 0. The fraction of sp³-hybridized carbons (Fsp3) is 0.182. The summed E-state index contributed by atoms with van der Waals surface area (Å²) >= 11 is 1.53. The second-order valence-electron chi connectivity index (χ2n) is 3.11. The summed E-state index contributed by atoms with van der Waals surface area (Å²) in [5, 5.41) is 2.85. The number of nitrogens with zero attached hydrogens (tertiary/aromatic N) is 1. The highest BCUT2D eigenvalue weighted by molar-refractivity contribution is 7.09. The Bertz CT molecular complexity index is 479. The van der Waals surface area contributed by atoms with Gasteiger partial charge in [0.2, 0.25) is 0 Å². The molecule has 0 unspecified atom stereocenters. The van der Waals surface area contributed by atoms with E-state index in [2.05, 4.69) is 4.98 Å². The number of rotatable bonds is 2. The van der Waals surface area contributed by atoms with Crippen LogP contribution in [-0.2, 0) is 6.42 Å². The molecule has 0 aliphatic rings. The first kappa shape index (κ1) is 10.2. The van der Waals surface area contributed by atoms with Crippen LogP contribution in [0, 0.1) is 11.6 Å². The van der Waals surface area contributed by atoms with Gasteiger partial charge in [0, 0.05) is 10.9 Å². The minimum absolute atomic E-state index is 0.616. The fourth-order valence-electron chi connectivity index (χ4n) is 1.26. The van der Waals surface area contributed by atoms with E-state index in [1.165, 1.54) is 23.5 Å².